The van der Waals surface area contributed by atoms with E-state index in [1.807, 2.05) is 0 Å². The molecule has 0 spiro atoms. The lowest BCUT2D eigenvalue weighted by Crippen LogP contribution is -2.64. The van der Waals surface area contributed by atoms with Gasteiger partial charge in [-0.15, -0.1) is 0 Å². The summed E-state index contributed by atoms with van der Waals surface area (Å²) in [6, 6.07) is 0. The number of carbonyl (C=O) groups is 2. The van der Waals surface area contributed by atoms with Gasteiger partial charge in [0.1, 0.15) is 5.78 Å². The molecule has 0 aliphatic heterocycles. The fraction of sp³-hybridized carbons (Fsp3) is 0.862. The molecule has 32 heavy (non-hydrogen) atoms. The van der Waals surface area contributed by atoms with Crippen LogP contribution in [0.5, 0.6) is 0 Å². The summed E-state index contributed by atoms with van der Waals surface area (Å²) in [6.07, 6.45) is 8.99. The van der Waals surface area contributed by atoms with Gasteiger partial charge in [-0.1, -0.05) is 46.8 Å². The van der Waals surface area contributed by atoms with Crippen molar-refractivity contribution in [2.45, 2.75) is 99.3 Å². The molecule has 5 fully saturated rings. The molecule has 3 nitrogen and oxygen atoms in total. The Kier molecular flexibility index (Phi) is 4.61. The van der Waals surface area contributed by atoms with Crippen molar-refractivity contribution in [3.05, 3.63) is 12.2 Å². The third-order valence-electron chi connectivity index (χ3n) is 12.9. The van der Waals surface area contributed by atoms with Gasteiger partial charge in [-0.3, -0.25) is 9.59 Å². The maximum Gasteiger partial charge on any atom is 0.309 e. The minimum Gasteiger partial charge on any atom is -0.481 e. The summed E-state index contributed by atoms with van der Waals surface area (Å²) in [7, 11) is 0. The number of aliphatic carboxylic acids is 1. The molecule has 5 aliphatic carbocycles. The van der Waals surface area contributed by atoms with Crippen LogP contribution in [0.25, 0.3) is 0 Å². The van der Waals surface area contributed by atoms with E-state index in [0.29, 0.717) is 29.5 Å². The lowest BCUT2D eigenvalue weighted by atomic mass is 9.34. The van der Waals surface area contributed by atoms with Crippen molar-refractivity contribution in [1.82, 2.24) is 0 Å². The molecule has 5 aliphatic rings. The molecule has 0 aromatic carbocycles. The first kappa shape index (κ1) is 22.7. The highest BCUT2D eigenvalue weighted by atomic mass is 16.4. The summed E-state index contributed by atoms with van der Waals surface area (Å²) >= 11 is 0. The second kappa shape index (κ2) is 6.51. The maximum atomic E-state index is 13.1. The highest BCUT2D eigenvalue weighted by Gasteiger charge is 2.73. The molecule has 1 N–H and O–H groups in total. The number of ketones is 1. The van der Waals surface area contributed by atoms with Gasteiger partial charge in [0.2, 0.25) is 0 Å². The number of carboxylic acid groups (broad SMARTS) is 1. The van der Waals surface area contributed by atoms with Gasteiger partial charge in [0, 0.05) is 11.8 Å². The van der Waals surface area contributed by atoms with Gasteiger partial charge in [0.05, 0.1) is 5.41 Å². The molecular weight excluding hydrogens is 396 g/mol. The minimum atomic E-state index is -0.556. The van der Waals surface area contributed by atoms with Gasteiger partial charge in [-0.05, 0) is 104 Å². The van der Waals surface area contributed by atoms with Crippen molar-refractivity contribution in [1.29, 1.82) is 0 Å². The predicted octanol–water partition coefficient (Wildman–Crippen LogP) is 6.91. The number of Topliss-reactive ketones (excluding diaryl/α,β-unsaturated/α-hetero) is 1. The number of hydrogen-bond donors (Lipinski definition) is 1. The highest BCUT2D eigenvalue weighted by Crippen LogP contribution is 2.77. The molecule has 0 heterocycles. The molecule has 9 atom stereocenters. The molecule has 0 bridgehead atoms. The fourth-order valence-corrected chi connectivity index (χ4v) is 11.1. The van der Waals surface area contributed by atoms with Gasteiger partial charge in [-0.2, -0.15) is 0 Å². The molecule has 5 saturated carbocycles. The molecule has 0 aromatic heterocycles. The van der Waals surface area contributed by atoms with Crippen LogP contribution in [0.15, 0.2) is 12.2 Å². The molecule has 0 unspecified atom stereocenters. The molecule has 0 amide bonds. The van der Waals surface area contributed by atoms with E-state index in [1.54, 1.807) is 0 Å². The Labute approximate surface area is 194 Å². The largest absolute Gasteiger partial charge is 0.481 e. The van der Waals surface area contributed by atoms with E-state index in [4.69, 9.17) is 0 Å². The summed E-state index contributed by atoms with van der Waals surface area (Å²) in [4.78, 5) is 25.8. The average molecular weight is 441 g/mol. The summed E-state index contributed by atoms with van der Waals surface area (Å²) in [5, 5.41) is 10.5. The normalized spacial score (nSPS) is 53.7. The number of rotatable bonds is 2. The summed E-state index contributed by atoms with van der Waals surface area (Å²) < 4.78 is 0. The number of hydrogen-bond acceptors (Lipinski definition) is 2. The summed E-state index contributed by atoms with van der Waals surface area (Å²) in [5.74, 6) is 1.96. The van der Waals surface area contributed by atoms with Gasteiger partial charge >= 0.3 is 5.97 Å². The van der Waals surface area contributed by atoms with Crippen molar-refractivity contribution in [3.8, 4) is 0 Å². The SMILES string of the molecule is C=C(C)[C@@H]1CC[C@]2(C(=O)O)CC[C@]3(C)[C@H](CC[C@@H]4[C@@]5(C)CC(=O)C(C)(C)[C@@H]5CC[C@]43C)[C@@H]12. The Morgan fingerprint density at radius 2 is 1.59 bits per heavy atom. The lowest BCUT2D eigenvalue weighted by Gasteiger charge is -2.70. The third-order valence-corrected chi connectivity index (χ3v) is 12.9. The molecule has 5 rings (SSSR count). The van der Waals surface area contributed by atoms with Crippen LogP contribution >= 0.6 is 0 Å². The fourth-order valence-electron chi connectivity index (χ4n) is 11.1. The maximum absolute atomic E-state index is 13.1. The molecular formula is C29H44O3. The minimum absolute atomic E-state index is 0.0896. The summed E-state index contributed by atoms with van der Waals surface area (Å²) in [6.45, 7) is 18.3. The van der Waals surface area contributed by atoms with Crippen LogP contribution < -0.4 is 0 Å². The van der Waals surface area contributed by atoms with Crippen LogP contribution in [0.1, 0.15) is 99.3 Å². The van der Waals surface area contributed by atoms with E-state index in [2.05, 4.69) is 48.1 Å². The first-order valence-corrected chi connectivity index (χ1v) is 13.2. The Morgan fingerprint density at radius 1 is 0.906 bits per heavy atom. The first-order valence-electron chi connectivity index (χ1n) is 13.2. The van der Waals surface area contributed by atoms with E-state index < -0.39 is 11.4 Å². The van der Waals surface area contributed by atoms with E-state index in [9.17, 15) is 14.7 Å². The Bertz CT molecular complexity index is 887. The zero-order valence-electron chi connectivity index (χ0n) is 21.2. The van der Waals surface area contributed by atoms with E-state index >= 15 is 0 Å². The molecule has 0 aromatic rings. The van der Waals surface area contributed by atoms with Crippen LogP contribution in [0.3, 0.4) is 0 Å². The number of fused-ring (bicyclic) bond motifs is 7. The second-order valence-corrected chi connectivity index (χ2v) is 14.0. The van der Waals surface area contributed by atoms with Crippen LogP contribution in [0.4, 0.5) is 0 Å². The number of carbonyl (C=O) groups excluding carboxylic acids is 1. The molecule has 0 saturated heterocycles. The third kappa shape index (κ3) is 2.39. The van der Waals surface area contributed by atoms with Crippen LogP contribution in [0.2, 0.25) is 0 Å². The Hall–Kier alpha value is -1.12. The van der Waals surface area contributed by atoms with Crippen molar-refractivity contribution in [3.63, 3.8) is 0 Å². The number of carboxylic acids is 1. The van der Waals surface area contributed by atoms with Crippen LogP contribution in [-0.2, 0) is 9.59 Å². The highest BCUT2D eigenvalue weighted by molar-refractivity contribution is 5.88. The van der Waals surface area contributed by atoms with E-state index in [0.717, 1.165) is 51.4 Å². The monoisotopic (exact) mass is 440 g/mol. The van der Waals surface area contributed by atoms with Gasteiger partial charge < -0.3 is 5.11 Å². The Morgan fingerprint density at radius 3 is 2.22 bits per heavy atom. The zero-order valence-corrected chi connectivity index (χ0v) is 21.2. The average Bonchev–Trinajstić information content (AvgIpc) is 3.17. The first-order chi connectivity index (χ1) is 14.8. The number of allylic oxidation sites excluding steroid dienone is 1. The predicted molar refractivity (Wildman–Crippen MR) is 127 cm³/mol. The topological polar surface area (TPSA) is 54.4 Å². The van der Waals surface area contributed by atoms with Crippen molar-refractivity contribution in [2.75, 3.05) is 0 Å². The van der Waals surface area contributed by atoms with Gasteiger partial charge in [0.15, 0.2) is 0 Å². The zero-order chi connectivity index (χ0) is 23.5. The van der Waals surface area contributed by atoms with E-state index in [-0.39, 0.29) is 27.6 Å². The lowest BCUT2D eigenvalue weighted by molar-refractivity contribution is -0.221. The van der Waals surface area contributed by atoms with Crippen molar-refractivity contribution in [2.24, 2.45) is 56.7 Å². The van der Waals surface area contributed by atoms with Crippen molar-refractivity contribution >= 4 is 11.8 Å². The molecule has 3 heteroatoms. The van der Waals surface area contributed by atoms with Crippen LogP contribution in [0, 0.1) is 56.7 Å². The standard InChI is InChI=1S/C29H44O3/c1-17(2)18-10-13-29(24(31)32)15-14-27(6)19(23(18)29)8-9-21-26(5)16-22(30)25(3,4)20(26)11-12-28(21,27)7/h18-21,23H,1,8-16H2,2-7H3,(H,31,32)/t18-,19+,20-,21+,23+,26-,27+,28+,29-/m0/s1. The van der Waals surface area contributed by atoms with Gasteiger partial charge in [-0.25, -0.2) is 0 Å². The second-order valence-electron chi connectivity index (χ2n) is 14.0. The van der Waals surface area contributed by atoms with Crippen LogP contribution in [-0.4, -0.2) is 16.9 Å². The van der Waals surface area contributed by atoms with Crippen molar-refractivity contribution < 1.29 is 14.7 Å². The molecule has 0 radical (unpaired) electrons. The Balaban J connectivity index is 1.58. The summed E-state index contributed by atoms with van der Waals surface area (Å²) in [5.41, 5.74) is 0.842. The smallest absolute Gasteiger partial charge is 0.309 e. The van der Waals surface area contributed by atoms with Gasteiger partial charge in [0.25, 0.3) is 0 Å². The van der Waals surface area contributed by atoms with E-state index in [1.165, 1.54) is 12.0 Å². The molecule has 178 valence electrons. The quantitative estimate of drug-likeness (QED) is 0.475.